The molecule has 1 aliphatic heterocycles. The molecule has 0 aromatic heterocycles. The number of rotatable bonds is 3. The number of hydrogen-bond acceptors (Lipinski definition) is 3. The molecule has 0 radical (unpaired) electrons. The van der Waals surface area contributed by atoms with Gasteiger partial charge in [0.25, 0.3) is 0 Å². The lowest BCUT2D eigenvalue weighted by Gasteiger charge is -2.17. The van der Waals surface area contributed by atoms with E-state index in [9.17, 15) is 4.39 Å². The van der Waals surface area contributed by atoms with E-state index in [1.807, 2.05) is 0 Å². The van der Waals surface area contributed by atoms with Crippen molar-refractivity contribution in [2.45, 2.75) is 19.4 Å². The van der Waals surface area contributed by atoms with Crippen LogP contribution < -0.4 is 5.73 Å². The molecule has 1 aromatic carbocycles. The van der Waals surface area contributed by atoms with Gasteiger partial charge < -0.3 is 10.9 Å². The molecule has 0 amide bonds. The molecule has 92 valence electrons. The summed E-state index contributed by atoms with van der Waals surface area (Å²) in [4.78, 5) is 2.28. The third kappa shape index (κ3) is 2.74. The topological polar surface area (TPSA) is 61.9 Å². The maximum atomic E-state index is 13.2. The van der Waals surface area contributed by atoms with Crippen molar-refractivity contribution in [2.24, 2.45) is 10.9 Å². The zero-order valence-electron chi connectivity index (χ0n) is 9.56. The van der Waals surface area contributed by atoms with E-state index in [-0.39, 0.29) is 11.7 Å². The van der Waals surface area contributed by atoms with Crippen molar-refractivity contribution in [3.8, 4) is 0 Å². The largest absolute Gasteiger partial charge is 0.409 e. The van der Waals surface area contributed by atoms with Crippen molar-refractivity contribution >= 4 is 5.84 Å². The SMILES string of the molecule is NC(=NO)c1cc(F)ccc1CN1CCCC1. The highest BCUT2D eigenvalue weighted by atomic mass is 19.1. The number of likely N-dealkylation sites (tertiary alicyclic amines) is 1. The van der Waals surface area contributed by atoms with Crippen LogP contribution in [0.15, 0.2) is 23.4 Å². The van der Waals surface area contributed by atoms with Crippen LogP contribution in [-0.4, -0.2) is 29.0 Å². The van der Waals surface area contributed by atoms with Crippen LogP contribution in [0.3, 0.4) is 0 Å². The van der Waals surface area contributed by atoms with Gasteiger partial charge in [0.1, 0.15) is 5.82 Å². The van der Waals surface area contributed by atoms with Crippen LogP contribution >= 0.6 is 0 Å². The van der Waals surface area contributed by atoms with E-state index in [0.29, 0.717) is 12.1 Å². The van der Waals surface area contributed by atoms with Gasteiger partial charge >= 0.3 is 0 Å². The molecule has 1 fully saturated rings. The van der Waals surface area contributed by atoms with Gasteiger partial charge in [-0.15, -0.1) is 0 Å². The van der Waals surface area contributed by atoms with Gasteiger partial charge in [-0.1, -0.05) is 11.2 Å². The average Bonchev–Trinajstić information content (AvgIpc) is 2.83. The molecule has 0 unspecified atom stereocenters. The van der Waals surface area contributed by atoms with Gasteiger partial charge in [0, 0.05) is 12.1 Å². The summed E-state index contributed by atoms with van der Waals surface area (Å²) in [5.74, 6) is -0.421. The Bertz CT molecular complexity index is 428. The highest BCUT2D eigenvalue weighted by molar-refractivity contribution is 5.98. The predicted molar refractivity (Wildman–Crippen MR) is 63.4 cm³/mol. The summed E-state index contributed by atoms with van der Waals surface area (Å²) in [7, 11) is 0. The third-order valence-electron chi connectivity index (χ3n) is 3.05. The first-order valence-electron chi connectivity index (χ1n) is 5.69. The van der Waals surface area contributed by atoms with E-state index in [4.69, 9.17) is 10.9 Å². The molecule has 2 rings (SSSR count). The zero-order chi connectivity index (χ0) is 12.3. The Morgan fingerprint density at radius 3 is 2.76 bits per heavy atom. The van der Waals surface area contributed by atoms with Gasteiger partial charge in [-0.05, 0) is 43.6 Å². The van der Waals surface area contributed by atoms with Crippen LogP contribution in [0.2, 0.25) is 0 Å². The van der Waals surface area contributed by atoms with Gasteiger partial charge in [-0.3, -0.25) is 4.90 Å². The smallest absolute Gasteiger partial charge is 0.170 e. The standard InChI is InChI=1S/C12H16FN3O/c13-10-4-3-9(8-16-5-1-2-6-16)11(7-10)12(14)15-17/h3-4,7,17H,1-2,5-6,8H2,(H2,14,15). The van der Waals surface area contributed by atoms with E-state index in [0.717, 1.165) is 18.7 Å². The molecule has 0 spiro atoms. The Kier molecular flexibility index (Phi) is 3.58. The third-order valence-corrected chi connectivity index (χ3v) is 3.05. The molecule has 3 N–H and O–H groups in total. The van der Waals surface area contributed by atoms with E-state index in [1.54, 1.807) is 6.07 Å². The molecule has 5 heteroatoms. The Morgan fingerprint density at radius 2 is 2.12 bits per heavy atom. The molecular weight excluding hydrogens is 221 g/mol. The first-order chi connectivity index (χ1) is 8.20. The average molecular weight is 237 g/mol. The van der Waals surface area contributed by atoms with Crippen LogP contribution in [0.5, 0.6) is 0 Å². The first-order valence-corrected chi connectivity index (χ1v) is 5.69. The van der Waals surface area contributed by atoms with Crippen molar-refractivity contribution in [3.63, 3.8) is 0 Å². The molecule has 0 bridgehead atoms. The van der Waals surface area contributed by atoms with Gasteiger partial charge in [-0.25, -0.2) is 4.39 Å². The molecule has 1 aliphatic rings. The number of benzene rings is 1. The van der Waals surface area contributed by atoms with Crippen LogP contribution in [0.25, 0.3) is 0 Å². The lowest BCUT2D eigenvalue weighted by atomic mass is 10.1. The molecule has 0 atom stereocenters. The molecule has 4 nitrogen and oxygen atoms in total. The van der Waals surface area contributed by atoms with Crippen molar-refractivity contribution in [2.75, 3.05) is 13.1 Å². The fourth-order valence-electron chi connectivity index (χ4n) is 2.16. The monoisotopic (exact) mass is 237 g/mol. The normalized spacial score (nSPS) is 17.6. The number of nitrogens with two attached hydrogens (primary N) is 1. The maximum absolute atomic E-state index is 13.2. The van der Waals surface area contributed by atoms with Crippen molar-refractivity contribution in [1.29, 1.82) is 0 Å². The fraction of sp³-hybridized carbons (Fsp3) is 0.417. The number of oxime groups is 1. The lowest BCUT2D eigenvalue weighted by molar-refractivity contribution is 0.317. The maximum Gasteiger partial charge on any atom is 0.170 e. The van der Waals surface area contributed by atoms with Gasteiger partial charge in [0.05, 0.1) is 0 Å². The highest BCUT2D eigenvalue weighted by Gasteiger charge is 2.15. The minimum absolute atomic E-state index is 0.0429. The summed E-state index contributed by atoms with van der Waals surface area (Å²) in [6, 6.07) is 4.40. The van der Waals surface area contributed by atoms with Gasteiger partial charge in [-0.2, -0.15) is 0 Å². The molecule has 0 saturated carbocycles. The second-order valence-electron chi connectivity index (χ2n) is 4.27. The Labute approximate surface area is 99.5 Å². The molecule has 1 heterocycles. The number of hydrogen-bond donors (Lipinski definition) is 2. The minimum Gasteiger partial charge on any atom is -0.409 e. The Morgan fingerprint density at radius 1 is 1.41 bits per heavy atom. The summed E-state index contributed by atoms with van der Waals surface area (Å²) >= 11 is 0. The van der Waals surface area contributed by atoms with Crippen LogP contribution in [0.4, 0.5) is 4.39 Å². The van der Waals surface area contributed by atoms with Crippen molar-refractivity contribution in [1.82, 2.24) is 4.90 Å². The van der Waals surface area contributed by atoms with Crippen LogP contribution in [0, 0.1) is 5.82 Å². The predicted octanol–water partition coefficient (Wildman–Crippen LogP) is 1.52. The quantitative estimate of drug-likeness (QED) is 0.362. The van der Waals surface area contributed by atoms with E-state index in [1.165, 1.54) is 25.0 Å². The lowest BCUT2D eigenvalue weighted by Crippen LogP contribution is -2.22. The van der Waals surface area contributed by atoms with Crippen LogP contribution in [0.1, 0.15) is 24.0 Å². The van der Waals surface area contributed by atoms with Gasteiger partial charge in [0.15, 0.2) is 5.84 Å². The summed E-state index contributed by atoms with van der Waals surface area (Å²) in [5, 5.41) is 11.6. The molecule has 17 heavy (non-hydrogen) atoms. The summed E-state index contributed by atoms with van der Waals surface area (Å²) < 4.78 is 13.2. The Balaban J connectivity index is 2.25. The minimum atomic E-state index is -0.378. The van der Waals surface area contributed by atoms with E-state index < -0.39 is 0 Å². The van der Waals surface area contributed by atoms with Gasteiger partial charge in [0.2, 0.25) is 0 Å². The number of halogens is 1. The second kappa shape index (κ2) is 5.14. The molecule has 0 aliphatic carbocycles. The van der Waals surface area contributed by atoms with E-state index in [2.05, 4.69) is 10.1 Å². The highest BCUT2D eigenvalue weighted by Crippen LogP contribution is 2.17. The first kappa shape index (κ1) is 11.9. The van der Waals surface area contributed by atoms with Crippen molar-refractivity contribution in [3.05, 3.63) is 35.1 Å². The molecule has 1 saturated heterocycles. The summed E-state index contributed by atoms with van der Waals surface area (Å²) in [5.41, 5.74) is 6.92. The van der Waals surface area contributed by atoms with E-state index >= 15 is 0 Å². The number of nitrogens with zero attached hydrogens (tertiary/aromatic N) is 2. The Hall–Kier alpha value is -1.62. The second-order valence-corrected chi connectivity index (χ2v) is 4.27. The van der Waals surface area contributed by atoms with Crippen LogP contribution in [-0.2, 0) is 6.54 Å². The number of amidine groups is 1. The summed E-state index contributed by atoms with van der Waals surface area (Å²) in [6.45, 7) is 2.81. The molecule has 1 aromatic rings. The fourth-order valence-corrected chi connectivity index (χ4v) is 2.16. The van der Waals surface area contributed by atoms with Crippen molar-refractivity contribution < 1.29 is 9.60 Å². The summed E-state index contributed by atoms with van der Waals surface area (Å²) in [6.07, 6.45) is 2.39. The molecular formula is C12H16FN3O. The zero-order valence-corrected chi connectivity index (χ0v) is 9.56.